The zero-order valence-electron chi connectivity index (χ0n) is 25.3. The fourth-order valence-electron chi connectivity index (χ4n) is 4.04. The SMILES string of the molecule is C=CC(=O)OCCNC(=O)OC(COc1ccc(/C(CCC)=C(\CC)C(C)C)cc1)CSc1ccc(Cl)cc1.CC. The van der Waals surface area contributed by atoms with Crippen molar-refractivity contribution in [3.63, 3.8) is 0 Å². The van der Waals surface area contributed by atoms with Crippen molar-refractivity contribution in [1.82, 2.24) is 5.32 Å². The van der Waals surface area contributed by atoms with Crippen LogP contribution in [0.5, 0.6) is 5.75 Å². The Kier molecular flexibility index (Phi) is 18.4. The molecule has 0 saturated carbocycles. The van der Waals surface area contributed by atoms with Gasteiger partial charge in [0, 0.05) is 21.7 Å². The van der Waals surface area contributed by atoms with Gasteiger partial charge in [0.1, 0.15) is 25.1 Å². The van der Waals surface area contributed by atoms with Gasteiger partial charge in [0.05, 0.1) is 6.54 Å². The Morgan fingerprint density at radius 2 is 1.71 bits per heavy atom. The summed E-state index contributed by atoms with van der Waals surface area (Å²) in [5, 5.41) is 3.25. The zero-order valence-corrected chi connectivity index (χ0v) is 26.9. The highest BCUT2D eigenvalue weighted by Gasteiger charge is 2.17. The molecule has 0 aliphatic rings. The Hall–Kier alpha value is -2.90. The summed E-state index contributed by atoms with van der Waals surface area (Å²) in [5.74, 6) is 1.15. The third-order valence-corrected chi connectivity index (χ3v) is 7.31. The molecule has 0 aromatic heterocycles. The molecule has 0 saturated heterocycles. The van der Waals surface area contributed by atoms with Gasteiger partial charge in [-0.25, -0.2) is 9.59 Å². The number of amides is 1. The normalized spacial score (nSPS) is 11.9. The number of thioether (sulfide) groups is 1. The van der Waals surface area contributed by atoms with Gasteiger partial charge >= 0.3 is 12.1 Å². The monoisotopic (exact) mass is 603 g/mol. The van der Waals surface area contributed by atoms with Gasteiger partial charge in [-0.2, -0.15) is 0 Å². The van der Waals surface area contributed by atoms with Crippen molar-refractivity contribution in [2.24, 2.45) is 5.92 Å². The standard InChI is InChI=1S/C31H40ClNO5S.C2H6/c1-6-9-29(28(7-2)22(4)5)23-10-14-25(15-11-23)37-20-26(21-39-27-16-12-24(32)13-17-27)38-31(35)33-18-19-36-30(34)8-3;1-2/h8,10-17,22,26H,3,6-7,9,18-21H2,1-2,4-5H3,(H,33,35);1-2H3/b29-28+;. The minimum absolute atomic E-state index is 0.0258. The van der Waals surface area contributed by atoms with Crippen LogP contribution in [0.2, 0.25) is 5.02 Å². The molecule has 0 bridgehead atoms. The zero-order chi connectivity index (χ0) is 30.6. The lowest BCUT2D eigenvalue weighted by molar-refractivity contribution is -0.137. The molecule has 1 N–H and O–H groups in total. The van der Waals surface area contributed by atoms with E-state index < -0.39 is 18.2 Å². The number of allylic oxidation sites excluding steroid dienone is 2. The second-order valence-electron chi connectivity index (χ2n) is 9.19. The highest BCUT2D eigenvalue weighted by molar-refractivity contribution is 7.99. The molecule has 0 heterocycles. The highest BCUT2D eigenvalue weighted by atomic mass is 35.5. The summed E-state index contributed by atoms with van der Waals surface area (Å²) in [4.78, 5) is 24.5. The van der Waals surface area contributed by atoms with Crippen molar-refractivity contribution in [3.05, 3.63) is 77.3 Å². The van der Waals surface area contributed by atoms with Gasteiger partial charge in [-0.05, 0) is 66.3 Å². The summed E-state index contributed by atoms with van der Waals surface area (Å²) in [6.45, 7) is 16.6. The topological polar surface area (TPSA) is 73.9 Å². The van der Waals surface area contributed by atoms with Crippen LogP contribution in [0.4, 0.5) is 4.79 Å². The first-order chi connectivity index (χ1) is 19.8. The van der Waals surface area contributed by atoms with Crippen LogP contribution in [0.1, 0.15) is 66.4 Å². The molecule has 0 spiro atoms. The van der Waals surface area contributed by atoms with Gasteiger partial charge in [-0.1, -0.05) is 83.8 Å². The number of esters is 1. The first-order valence-electron chi connectivity index (χ1n) is 14.3. The van der Waals surface area contributed by atoms with Crippen molar-refractivity contribution < 1.29 is 23.8 Å². The van der Waals surface area contributed by atoms with Crippen molar-refractivity contribution in [3.8, 4) is 5.75 Å². The van der Waals surface area contributed by atoms with Crippen LogP contribution in [0.3, 0.4) is 0 Å². The molecule has 0 aliphatic heterocycles. The van der Waals surface area contributed by atoms with Crippen LogP contribution in [0, 0.1) is 5.92 Å². The second kappa shape index (κ2) is 20.9. The molecule has 2 aromatic rings. The number of nitrogens with one attached hydrogen (secondary N) is 1. The fraction of sp³-hybridized carbons (Fsp3) is 0.455. The molecule has 41 heavy (non-hydrogen) atoms. The fourth-order valence-corrected chi connectivity index (χ4v) is 5.04. The maximum absolute atomic E-state index is 12.4. The molecule has 0 fully saturated rings. The Balaban J connectivity index is 0.00000411. The lowest BCUT2D eigenvalue weighted by Crippen LogP contribution is -2.35. The van der Waals surface area contributed by atoms with Gasteiger partial charge in [-0.15, -0.1) is 11.8 Å². The van der Waals surface area contributed by atoms with Crippen molar-refractivity contribution in [1.29, 1.82) is 0 Å². The van der Waals surface area contributed by atoms with E-state index in [1.807, 2.05) is 50.2 Å². The Labute approximate surface area is 255 Å². The van der Waals surface area contributed by atoms with Gasteiger partial charge < -0.3 is 19.5 Å². The van der Waals surface area contributed by atoms with E-state index in [2.05, 4.69) is 51.7 Å². The molecule has 2 rings (SSSR count). The summed E-state index contributed by atoms with van der Waals surface area (Å²) >= 11 is 7.53. The van der Waals surface area contributed by atoms with Crippen LogP contribution in [-0.2, 0) is 14.3 Å². The molecule has 2 aromatic carbocycles. The predicted octanol–water partition coefficient (Wildman–Crippen LogP) is 8.98. The average molecular weight is 604 g/mol. The summed E-state index contributed by atoms with van der Waals surface area (Å²) < 4.78 is 16.5. The Bertz CT molecular complexity index is 1080. The minimum atomic E-state index is -0.611. The number of carbonyl (C=O) groups is 2. The number of ether oxygens (including phenoxy) is 3. The first-order valence-corrected chi connectivity index (χ1v) is 15.7. The van der Waals surface area contributed by atoms with Gasteiger partial charge in [0.15, 0.2) is 0 Å². The molecule has 226 valence electrons. The number of hydrogen-bond acceptors (Lipinski definition) is 6. The summed E-state index contributed by atoms with van der Waals surface area (Å²) in [6, 6.07) is 15.6. The van der Waals surface area contributed by atoms with Crippen LogP contribution in [-0.4, -0.2) is 43.7 Å². The quantitative estimate of drug-likeness (QED) is 0.0893. The van der Waals surface area contributed by atoms with E-state index in [9.17, 15) is 9.59 Å². The molecule has 6 nitrogen and oxygen atoms in total. The number of rotatable bonds is 16. The van der Waals surface area contributed by atoms with Gasteiger partial charge in [-0.3, -0.25) is 0 Å². The molecule has 1 atom stereocenters. The largest absolute Gasteiger partial charge is 0.490 e. The average Bonchev–Trinajstić information content (AvgIpc) is 2.98. The summed E-state index contributed by atoms with van der Waals surface area (Å²) in [7, 11) is 0. The van der Waals surface area contributed by atoms with Crippen LogP contribution in [0.15, 0.2) is 71.7 Å². The Morgan fingerprint density at radius 1 is 1.05 bits per heavy atom. The number of alkyl carbamates (subject to hydrolysis) is 1. The third-order valence-electron chi connectivity index (χ3n) is 5.91. The number of carbonyl (C=O) groups excluding carboxylic acids is 2. The van der Waals surface area contributed by atoms with Crippen LogP contribution < -0.4 is 10.1 Å². The lowest BCUT2D eigenvalue weighted by atomic mass is 9.88. The first kappa shape index (κ1) is 36.1. The smallest absolute Gasteiger partial charge is 0.407 e. The van der Waals surface area contributed by atoms with E-state index in [-0.39, 0.29) is 19.8 Å². The van der Waals surface area contributed by atoms with E-state index in [0.29, 0.717) is 22.4 Å². The maximum atomic E-state index is 12.4. The summed E-state index contributed by atoms with van der Waals surface area (Å²) in [5.41, 5.74) is 4.12. The summed E-state index contributed by atoms with van der Waals surface area (Å²) in [6.07, 6.45) is 3.10. The number of hydrogen-bond donors (Lipinski definition) is 1. The molecule has 0 radical (unpaired) electrons. The van der Waals surface area contributed by atoms with Crippen LogP contribution >= 0.6 is 23.4 Å². The van der Waals surface area contributed by atoms with Gasteiger partial charge in [0.25, 0.3) is 0 Å². The van der Waals surface area contributed by atoms with E-state index in [1.54, 1.807) is 0 Å². The number of halogens is 1. The number of benzene rings is 2. The van der Waals surface area contributed by atoms with E-state index in [1.165, 1.54) is 28.5 Å². The predicted molar refractivity (Wildman–Crippen MR) is 172 cm³/mol. The molecule has 1 amide bonds. The van der Waals surface area contributed by atoms with E-state index in [4.69, 9.17) is 25.8 Å². The molecule has 1 unspecified atom stereocenters. The van der Waals surface area contributed by atoms with Crippen molar-refractivity contribution >= 4 is 41.0 Å². The minimum Gasteiger partial charge on any atom is -0.490 e. The molecular weight excluding hydrogens is 558 g/mol. The van der Waals surface area contributed by atoms with E-state index >= 15 is 0 Å². The maximum Gasteiger partial charge on any atom is 0.407 e. The Morgan fingerprint density at radius 3 is 2.27 bits per heavy atom. The van der Waals surface area contributed by atoms with Crippen molar-refractivity contribution in [2.45, 2.75) is 71.8 Å². The third kappa shape index (κ3) is 14.0. The molecule has 8 heteroatoms. The van der Waals surface area contributed by atoms with Gasteiger partial charge in [0.2, 0.25) is 0 Å². The van der Waals surface area contributed by atoms with E-state index in [0.717, 1.165) is 30.2 Å². The molecular formula is C33H46ClNO5S. The highest BCUT2D eigenvalue weighted by Crippen LogP contribution is 2.31. The van der Waals surface area contributed by atoms with Crippen LogP contribution in [0.25, 0.3) is 5.57 Å². The van der Waals surface area contributed by atoms with Crippen molar-refractivity contribution in [2.75, 3.05) is 25.5 Å². The lowest BCUT2D eigenvalue weighted by Gasteiger charge is -2.20. The second-order valence-corrected chi connectivity index (χ2v) is 10.7. The molecule has 0 aliphatic carbocycles.